The van der Waals surface area contributed by atoms with E-state index in [9.17, 15) is 12.8 Å². The predicted molar refractivity (Wildman–Crippen MR) is 62.8 cm³/mol. The first-order valence-electron chi connectivity index (χ1n) is 5.14. The first-order chi connectivity index (χ1) is 7.40. The average molecular weight is 265 g/mol. The van der Waals surface area contributed by atoms with Gasteiger partial charge in [-0.05, 0) is 36.5 Å². The summed E-state index contributed by atoms with van der Waals surface area (Å²) in [6, 6.07) is 3.83. The Balaban J connectivity index is 3.19. The fourth-order valence-electron chi connectivity index (χ4n) is 1.72. The molecule has 16 heavy (non-hydrogen) atoms. The molecule has 0 unspecified atom stereocenters. The first kappa shape index (κ1) is 13.5. The molecule has 0 spiro atoms. The van der Waals surface area contributed by atoms with Crippen LogP contribution in [0.5, 0.6) is 0 Å². The van der Waals surface area contributed by atoms with E-state index >= 15 is 0 Å². The minimum absolute atomic E-state index is 0.118. The van der Waals surface area contributed by atoms with Crippen LogP contribution in [0.25, 0.3) is 0 Å². The van der Waals surface area contributed by atoms with Crippen molar-refractivity contribution in [2.24, 2.45) is 0 Å². The number of halogens is 2. The molecule has 90 valence electrons. The maximum Gasteiger partial charge on any atom is 0.261 e. The summed E-state index contributed by atoms with van der Waals surface area (Å²) in [6.45, 7) is 3.94. The van der Waals surface area contributed by atoms with E-state index in [4.69, 9.17) is 10.7 Å². The van der Waals surface area contributed by atoms with Gasteiger partial charge in [0.15, 0.2) is 0 Å². The smallest absolute Gasteiger partial charge is 0.207 e. The molecule has 0 amide bonds. The van der Waals surface area contributed by atoms with E-state index < -0.39 is 14.9 Å². The maximum absolute atomic E-state index is 13.7. The molecule has 0 aliphatic carbocycles. The Morgan fingerprint density at radius 2 is 1.88 bits per heavy atom. The second kappa shape index (κ2) is 5.15. The van der Waals surface area contributed by atoms with Gasteiger partial charge in [-0.2, -0.15) is 0 Å². The van der Waals surface area contributed by atoms with Gasteiger partial charge in [-0.25, -0.2) is 12.8 Å². The monoisotopic (exact) mass is 264 g/mol. The fourth-order valence-corrected chi connectivity index (χ4v) is 2.48. The SMILES string of the molecule is CCC(CC)c1ccc(S(=O)(=O)Cl)cc1F. The molecule has 0 saturated carbocycles. The standard InChI is InChI=1S/C11H14ClFO2S/c1-3-8(4-2)10-6-5-9(7-11(10)13)16(12,14)15/h5-8H,3-4H2,1-2H3. The van der Waals surface area contributed by atoms with E-state index in [1.807, 2.05) is 13.8 Å². The molecular weight excluding hydrogens is 251 g/mol. The minimum atomic E-state index is -3.85. The fraction of sp³-hybridized carbons (Fsp3) is 0.455. The van der Waals surface area contributed by atoms with E-state index in [1.165, 1.54) is 12.1 Å². The number of hydrogen-bond acceptors (Lipinski definition) is 2. The van der Waals surface area contributed by atoms with Gasteiger partial charge in [0.05, 0.1) is 4.90 Å². The summed E-state index contributed by atoms with van der Waals surface area (Å²) in [5.41, 5.74) is 0.550. The van der Waals surface area contributed by atoms with E-state index in [1.54, 1.807) is 0 Å². The molecule has 0 bridgehead atoms. The Labute approximate surface area is 99.9 Å². The molecule has 0 N–H and O–H groups in total. The Bertz CT molecular complexity index is 467. The van der Waals surface area contributed by atoms with Crippen LogP contribution in [0.2, 0.25) is 0 Å². The van der Waals surface area contributed by atoms with Crippen LogP contribution in [0.4, 0.5) is 4.39 Å². The molecule has 0 saturated heterocycles. The van der Waals surface area contributed by atoms with Crippen molar-refractivity contribution < 1.29 is 12.8 Å². The van der Waals surface area contributed by atoms with E-state index in [0.29, 0.717) is 5.56 Å². The van der Waals surface area contributed by atoms with Crippen molar-refractivity contribution in [3.8, 4) is 0 Å². The highest BCUT2D eigenvalue weighted by Crippen LogP contribution is 2.27. The summed E-state index contributed by atoms with van der Waals surface area (Å²) in [6.07, 6.45) is 1.64. The largest absolute Gasteiger partial charge is 0.261 e. The van der Waals surface area contributed by atoms with Crippen molar-refractivity contribution in [3.05, 3.63) is 29.6 Å². The number of hydrogen-bond donors (Lipinski definition) is 0. The van der Waals surface area contributed by atoms with Gasteiger partial charge in [0.2, 0.25) is 0 Å². The van der Waals surface area contributed by atoms with Gasteiger partial charge in [0.1, 0.15) is 5.82 Å². The topological polar surface area (TPSA) is 34.1 Å². The molecule has 0 atom stereocenters. The Kier molecular flexibility index (Phi) is 4.33. The van der Waals surface area contributed by atoms with Crippen molar-refractivity contribution in [1.29, 1.82) is 0 Å². The van der Waals surface area contributed by atoms with Crippen LogP contribution < -0.4 is 0 Å². The zero-order valence-electron chi connectivity index (χ0n) is 9.20. The van der Waals surface area contributed by atoms with Gasteiger partial charge >= 0.3 is 0 Å². The van der Waals surface area contributed by atoms with E-state index in [-0.39, 0.29) is 10.8 Å². The second-order valence-electron chi connectivity index (χ2n) is 3.63. The van der Waals surface area contributed by atoms with Crippen LogP contribution in [0.15, 0.2) is 23.1 Å². The molecule has 1 aromatic carbocycles. The van der Waals surface area contributed by atoms with Crippen LogP contribution in [0.1, 0.15) is 38.2 Å². The molecule has 2 nitrogen and oxygen atoms in total. The summed E-state index contributed by atoms with van der Waals surface area (Å²) >= 11 is 0. The molecule has 0 aliphatic heterocycles. The summed E-state index contributed by atoms with van der Waals surface area (Å²) < 4.78 is 35.7. The summed E-state index contributed by atoms with van der Waals surface area (Å²) in [5, 5.41) is 0. The molecule has 0 heterocycles. The van der Waals surface area contributed by atoms with Crippen LogP contribution in [0, 0.1) is 5.82 Å². The summed E-state index contributed by atoms with van der Waals surface area (Å²) in [7, 11) is 1.29. The highest BCUT2D eigenvalue weighted by atomic mass is 35.7. The highest BCUT2D eigenvalue weighted by molar-refractivity contribution is 8.13. The van der Waals surface area contributed by atoms with Gasteiger partial charge < -0.3 is 0 Å². The second-order valence-corrected chi connectivity index (χ2v) is 6.20. The molecule has 1 aromatic rings. The molecule has 0 fully saturated rings. The first-order valence-corrected chi connectivity index (χ1v) is 7.45. The van der Waals surface area contributed by atoms with E-state index in [0.717, 1.165) is 18.9 Å². The zero-order chi connectivity index (χ0) is 12.3. The lowest BCUT2D eigenvalue weighted by molar-refractivity contribution is 0.553. The molecule has 5 heteroatoms. The lowest BCUT2D eigenvalue weighted by Gasteiger charge is -2.13. The Morgan fingerprint density at radius 3 is 2.25 bits per heavy atom. The highest BCUT2D eigenvalue weighted by Gasteiger charge is 2.16. The third-order valence-electron chi connectivity index (χ3n) is 2.68. The average Bonchev–Trinajstić information content (AvgIpc) is 2.20. The number of benzene rings is 1. The Morgan fingerprint density at radius 1 is 1.31 bits per heavy atom. The van der Waals surface area contributed by atoms with Crippen molar-refractivity contribution in [3.63, 3.8) is 0 Å². The third-order valence-corrected chi connectivity index (χ3v) is 4.03. The molecule has 1 rings (SSSR count). The molecule has 0 aliphatic rings. The van der Waals surface area contributed by atoms with Crippen molar-refractivity contribution >= 4 is 19.7 Å². The van der Waals surface area contributed by atoms with Crippen molar-refractivity contribution in [2.75, 3.05) is 0 Å². The van der Waals surface area contributed by atoms with Crippen LogP contribution in [-0.2, 0) is 9.05 Å². The van der Waals surface area contributed by atoms with Crippen LogP contribution in [-0.4, -0.2) is 8.42 Å². The summed E-state index contributed by atoms with van der Waals surface area (Å²) in [4.78, 5) is -0.193. The lowest BCUT2D eigenvalue weighted by Crippen LogP contribution is -2.01. The third kappa shape index (κ3) is 2.95. The van der Waals surface area contributed by atoms with Gasteiger partial charge in [-0.3, -0.25) is 0 Å². The molecular formula is C11H14ClFO2S. The number of rotatable bonds is 4. The van der Waals surface area contributed by atoms with Gasteiger partial charge in [0, 0.05) is 10.7 Å². The molecule has 0 radical (unpaired) electrons. The maximum atomic E-state index is 13.7. The lowest BCUT2D eigenvalue weighted by atomic mass is 9.94. The zero-order valence-corrected chi connectivity index (χ0v) is 10.8. The van der Waals surface area contributed by atoms with Crippen LogP contribution in [0.3, 0.4) is 0 Å². The normalized spacial score (nSPS) is 12.1. The van der Waals surface area contributed by atoms with E-state index in [2.05, 4.69) is 0 Å². The minimum Gasteiger partial charge on any atom is -0.207 e. The van der Waals surface area contributed by atoms with Gasteiger partial charge in [-0.15, -0.1) is 0 Å². The Hall–Kier alpha value is -0.610. The molecule has 0 aromatic heterocycles. The predicted octanol–water partition coefficient (Wildman–Crippen LogP) is 3.66. The van der Waals surface area contributed by atoms with Gasteiger partial charge in [0.25, 0.3) is 9.05 Å². The van der Waals surface area contributed by atoms with Gasteiger partial charge in [-0.1, -0.05) is 19.9 Å². The van der Waals surface area contributed by atoms with Crippen LogP contribution >= 0.6 is 10.7 Å². The summed E-state index contributed by atoms with van der Waals surface area (Å²) in [5.74, 6) is -0.387. The van der Waals surface area contributed by atoms with Crippen molar-refractivity contribution in [2.45, 2.75) is 37.5 Å². The quantitative estimate of drug-likeness (QED) is 0.778. The van der Waals surface area contributed by atoms with Crippen molar-refractivity contribution in [1.82, 2.24) is 0 Å².